The van der Waals surface area contributed by atoms with E-state index in [9.17, 15) is 13.2 Å². The van der Waals surface area contributed by atoms with Crippen molar-refractivity contribution in [1.82, 2.24) is 9.62 Å². The Kier molecular flexibility index (Phi) is 6.28. The Hall–Kier alpha value is -2.48. The van der Waals surface area contributed by atoms with Crippen LogP contribution < -0.4 is 5.32 Å². The van der Waals surface area contributed by atoms with Gasteiger partial charge in [-0.3, -0.25) is 4.79 Å². The number of nitrogens with one attached hydrogen (secondary N) is 1. The number of sulfonamides is 1. The second kappa shape index (κ2) is 8.68. The Balaban J connectivity index is 1.70. The zero-order valence-corrected chi connectivity index (χ0v) is 17.4. The van der Waals surface area contributed by atoms with Crippen LogP contribution in [-0.4, -0.2) is 32.7 Å². The summed E-state index contributed by atoms with van der Waals surface area (Å²) in [5.74, 6) is -0.169. The Labute approximate surface area is 169 Å². The second-order valence-electron chi connectivity index (χ2n) is 6.51. The summed E-state index contributed by atoms with van der Waals surface area (Å²) in [6.07, 6.45) is 0.675. The summed E-state index contributed by atoms with van der Waals surface area (Å²) in [6.45, 7) is 0.284. The molecule has 28 heavy (non-hydrogen) atoms. The molecule has 0 aliphatic rings. The zero-order valence-electron chi connectivity index (χ0n) is 15.8. The molecule has 1 amide bonds. The van der Waals surface area contributed by atoms with E-state index in [4.69, 9.17) is 0 Å². The maximum absolute atomic E-state index is 12.7. The van der Waals surface area contributed by atoms with Crippen LogP contribution in [0.5, 0.6) is 0 Å². The highest BCUT2D eigenvalue weighted by atomic mass is 32.2. The smallest absolute Gasteiger partial charge is 0.252 e. The van der Waals surface area contributed by atoms with Crippen molar-refractivity contribution in [3.8, 4) is 0 Å². The van der Waals surface area contributed by atoms with E-state index >= 15 is 0 Å². The minimum atomic E-state index is -3.45. The van der Waals surface area contributed by atoms with Crippen LogP contribution in [-0.2, 0) is 23.0 Å². The summed E-state index contributed by atoms with van der Waals surface area (Å²) >= 11 is 1.17. The normalized spacial score (nSPS) is 11.5. The number of carbonyl (C=O) groups excluding carboxylic acids is 1. The molecule has 3 rings (SSSR count). The molecular weight excluding hydrogens is 392 g/mol. The van der Waals surface area contributed by atoms with Gasteiger partial charge in [0.1, 0.15) is 4.21 Å². The number of carbonyl (C=O) groups is 1. The minimum absolute atomic E-state index is 0.169. The fourth-order valence-corrected chi connectivity index (χ4v) is 5.21. The largest absolute Gasteiger partial charge is 0.347 e. The number of rotatable bonds is 7. The number of amides is 1. The zero-order chi connectivity index (χ0) is 20.1. The first kappa shape index (κ1) is 20.3. The van der Waals surface area contributed by atoms with Crippen molar-refractivity contribution in [2.75, 3.05) is 14.1 Å². The average molecular weight is 415 g/mol. The van der Waals surface area contributed by atoms with E-state index in [0.717, 1.165) is 16.0 Å². The molecule has 3 aromatic rings. The van der Waals surface area contributed by atoms with Gasteiger partial charge < -0.3 is 5.32 Å². The van der Waals surface area contributed by atoms with E-state index in [1.54, 1.807) is 12.1 Å². The lowest BCUT2D eigenvalue weighted by Gasteiger charge is -2.10. The summed E-state index contributed by atoms with van der Waals surface area (Å²) in [7, 11) is -0.449. The Morgan fingerprint density at radius 3 is 2.36 bits per heavy atom. The lowest BCUT2D eigenvalue weighted by molar-refractivity contribution is 0.0950. The van der Waals surface area contributed by atoms with E-state index in [0.29, 0.717) is 12.0 Å². The van der Waals surface area contributed by atoms with Crippen LogP contribution >= 0.6 is 11.3 Å². The molecule has 146 valence electrons. The first-order chi connectivity index (χ1) is 13.4. The molecule has 0 atom stereocenters. The summed E-state index contributed by atoms with van der Waals surface area (Å²) in [5.41, 5.74) is 2.72. The second-order valence-corrected chi connectivity index (χ2v) is 10.1. The number of thiophene rings is 1. The Morgan fingerprint density at radius 1 is 0.964 bits per heavy atom. The minimum Gasteiger partial charge on any atom is -0.347 e. The van der Waals surface area contributed by atoms with Crippen LogP contribution in [0, 0.1) is 0 Å². The van der Waals surface area contributed by atoms with E-state index in [1.807, 2.05) is 54.6 Å². The van der Waals surface area contributed by atoms with E-state index in [2.05, 4.69) is 5.32 Å². The molecule has 1 heterocycles. The van der Waals surface area contributed by atoms with Gasteiger partial charge in [-0.2, -0.15) is 0 Å². The molecule has 0 spiro atoms. The van der Waals surface area contributed by atoms with Crippen molar-refractivity contribution in [2.45, 2.75) is 17.2 Å². The van der Waals surface area contributed by atoms with E-state index < -0.39 is 10.0 Å². The highest BCUT2D eigenvalue weighted by Crippen LogP contribution is 2.24. The molecule has 0 aliphatic heterocycles. The number of hydrogen-bond acceptors (Lipinski definition) is 4. The van der Waals surface area contributed by atoms with Gasteiger partial charge in [0.15, 0.2) is 0 Å². The number of hydrogen-bond donors (Lipinski definition) is 1. The Bertz CT molecular complexity index is 1060. The molecule has 0 aliphatic carbocycles. The molecule has 0 saturated carbocycles. The average Bonchev–Trinajstić information content (AvgIpc) is 3.17. The first-order valence-corrected chi connectivity index (χ1v) is 11.0. The monoisotopic (exact) mass is 414 g/mol. The van der Waals surface area contributed by atoms with Gasteiger partial charge in [-0.05, 0) is 35.7 Å². The van der Waals surface area contributed by atoms with Crippen LogP contribution in [0.1, 0.15) is 26.4 Å². The highest BCUT2D eigenvalue weighted by molar-refractivity contribution is 7.91. The molecule has 0 unspecified atom stereocenters. The predicted molar refractivity (Wildman–Crippen MR) is 112 cm³/mol. The number of benzene rings is 2. The predicted octanol–water partition coefficient (Wildman–Crippen LogP) is 3.52. The topological polar surface area (TPSA) is 66.5 Å². The van der Waals surface area contributed by atoms with E-state index in [1.165, 1.54) is 29.7 Å². The molecular formula is C21H22N2O3S2. The molecule has 0 radical (unpaired) electrons. The third-order valence-corrected chi connectivity index (χ3v) is 7.66. The fourth-order valence-electron chi connectivity index (χ4n) is 2.75. The maximum Gasteiger partial charge on any atom is 0.252 e. The van der Waals surface area contributed by atoms with Gasteiger partial charge in [-0.1, -0.05) is 48.5 Å². The van der Waals surface area contributed by atoms with Gasteiger partial charge in [0.25, 0.3) is 15.9 Å². The van der Waals surface area contributed by atoms with E-state index in [-0.39, 0.29) is 16.7 Å². The lowest BCUT2D eigenvalue weighted by atomic mass is 9.99. The quantitative estimate of drug-likeness (QED) is 0.643. The van der Waals surface area contributed by atoms with Crippen molar-refractivity contribution in [2.24, 2.45) is 0 Å². The van der Waals surface area contributed by atoms with Crippen LogP contribution in [0.4, 0.5) is 0 Å². The molecule has 1 N–H and O–H groups in total. The Morgan fingerprint density at radius 2 is 1.64 bits per heavy atom. The van der Waals surface area contributed by atoms with Crippen LogP contribution in [0.15, 0.2) is 70.9 Å². The van der Waals surface area contributed by atoms with Gasteiger partial charge in [-0.25, -0.2) is 12.7 Å². The van der Waals surface area contributed by atoms with Gasteiger partial charge in [0, 0.05) is 24.5 Å². The van der Waals surface area contributed by atoms with Crippen LogP contribution in [0.3, 0.4) is 0 Å². The fraction of sp³-hybridized carbons (Fsp3) is 0.190. The molecule has 0 saturated heterocycles. The molecule has 0 fully saturated rings. The van der Waals surface area contributed by atoms with Gasteiger partial charge in [0.2, 0.25) is 0 Å². The van der Waals surface area contributed by atoms with Crippen molar-refractivity contribution >= 4 is 27.3 Å². The van der Waals surface area contributed by atoms with Crippen molar-refractivity contribution < 1.29 is 13.2 Å². The molecule has 0 bridgehead atoms. The summed E-state index contributed by atoms with van der Waals surface area (Å²) in [5, 5.41) is 2.90. The SMILES string of the molecule is CN(C)S(=O)(=O)c1ccc(CNC(=O)c2ccccc2Cc2ccccc2)s1. The highest BCUT2D eigenvalue weighted by Gasteiger charge is 2.20. The molecule has 2 aromatic carbocycles. The first-order valence-electron chi connectivity index (χ1n) is 8.79. The lowest BCUT2D eigenvalue weighted by Crippen LogP contribution is -2.23. The van der Waals surface area contributed by atoms with Gasteiger partial charge in [-0.15, -0.1) is 11.3 Å². The summed E-state index contributed by atoms with van der Waals surface area (Å²) < 4.78 is 25.8. The van der Waals surface area contributed by atoms with Crippen LogP contribution in [0.25, 0.3) is 0 Å². The maximum atomic E-state index is 12.7. The summed E-state index contributed by atoms with van der Waals surface area (Å²) in [4.78, 5) is 13.5. The molecule has 5 nitrogen and oxygen atoms in total. The van der Waals surface area contributed by atoms with Gasteiger partial charge in [0.05, 0.1) is 6.54 Å². The molecule has 1 aromatic heterocycles. The standard InChI is InChI=1S/C21H22N2O3S2/c1-23(2)28(25,26)20-13-12-18(27-20)15-22-21(24)19-11-7-6-10-17(19)14-16-8-4-3-5-9-16/h3-13H,14-15H2,1-2H3,(H,22,24). The third-order valence-electron chi connectivity index (χ3n) is 4.29. The number of nitrogens with zero attached hydrogens (tertiary/aromatic N) is 1. The summed E-state index contributed by atoms with van der Waals surface area (Å²) in [6, 6.07) is 20.8. The van der Waals surface area contributed by atoms with Crippen molar-refractivity contribution in [3.63, 3.8) is 0 Å². The van der Waals surface area contributed by atoms with Crippen molar-refractivity contribution in [3.05, 3.63) is 88.3 Å². The van der Waals surface area contributed by atoms with Crippen LogP contribution in [0.2, 0.25) is 0 Å². The van der Waals surface area contributed by atoms with Crippen molar-refractivity contribution in [1.29, 1.82) is 0 Å². The molecule has 7 heteroatoms. The van der Waals surface area contributed by atoms with Gasteiger partial charge >= 0.3 is 0 Å². The third kappa shape index (κ3) is 4.67.